The number of unbranched alkanes of at least 4 members (excludes halogenated alkanes) is 1. The summed E-state index contributed by atoms with van der Waals surface area (Å²) in [6.45, 7) is 16.6. The van der Waals surface area contributed by atoms with E-state index in [4.69, 9.17) is 0 Å². The van der Waals surface area contributed by atoms with Crippen molar-refractivity contribution in [3.63, 3.8) is 0 Å². The van der Waals surface area contributed by atoms with Crippen molar-refractivity contribution in [2.24, 2.45) is 0 Å². The number of Topliss-reactive ketones (excluding diaryl/α,β-unsaturated/α-hetero) is 1. The number of aryl methyl sites for hydroxylation is 2. The molecule has 0 amide bonds. The lowest BCUT2D eigenvalue weighted by atomic mass is 10.2. The standard InChI is InChI=1S/C10H17N3O.3C2H6/c1-3-10-8-13(12-11-10)7-5-4-6-9(2)14;3*1-2/h8H,3-7H2,1-2H3;3*1-2H3. The first-order chi connectivity index (χ1) is 9.72. The molecule has 1 heterocycles. The minimum absolute atomic E-state index is 0.262. The molecule has 120 valence electrons. The number of rotatable bonds is 6. The van der Waals surface area contributed by atoms with Crippen LogP contribution in [0.5, 0.6) is 0 Å². The molecule has 20 heavy (non-hydrogen) atoms. The fourth-order valence-electron chi connectivity index (χ4n) is 1.26. The van der Waals surface area contributed by atoms with E-state index >= 15 is 0 Å². The van der Waals surface area contributed by atoms with E-state index in [0.29, 0.717) is 6.42 Å². The van der Waals surface area contributed by atoms with E-state index in [1.54, 1.807) is 6.92 Å². The van der Waals surface area contributed by atoms with Crippen LogP contribution >= 0.6 is 0 Å². The first-order valence-corrected chi connectivity index (χ1v) is 8.11. The lowest BCUT2D eigenvalue weighted by Crippen LogP contribution is -2.00. The molecule has 0 aliphatic rings. The van der Waals surface area contributed by atoms with Gasteiger partial charge in [0.05, 0.1) is 5.69 Å². The molecule has 0 saturated carbocycles. The zero-order valence-corrected chi connectivity index (χ0v) is 14.9. The third-order valence-corrected chi connectivity index (χ3v) is 2.11. The maximum atomic E-state index is 10.7. The van der Waals surface area contributed by atoms with E-state index < -0.39 is 0 Å². The molecule has 0 fully saturated rings. The minimum atomic E-state index is 0.262. The molecule has 1 aromatic heterocycles. The molecule has 0 aromatic carbocycles. The molecule has 1 rings (SSSR count). The SMILES string of the molecule is CC.CC.CC.CCc1cn(CCCCC(C)=O)nn1. The topological polar surface area (TPSA) is 47.8 Å². The molecule has 0 radical (unpaired) electrons. The number of carbonyl (C=O) groups excluding carboxylic acids is 1. The second kappa shape index (κ2) is 20.1. The lowest BCUT2D eigenvalue weighted by Gasteiger charge is -1.98. The molecule has 0 N–H and O–H groups in total. The van der Waals surface area contributed by atoms with Gasteiger partial charge in [-0.1, -0.05) is 53.7 Å². The highest BCUT2D eigenvalue weighted by atomic mass is 16.1. The second-order valence-electron chi connectivity index (χ2n) is 3.49. The summed E-state index contributed by atoms with van der Waals surface area (Å²) in [5.41, 5.74) is 1.02. The predicted octanol–water partition coefficient (Wildman–Crippen LogP) is 4.68. The van der Waals surface area contributed by atoms with E-state index in [2.05, 4.69) is 17.2 Å². The van der Waals surface area contributed by atoms with Crippen molar-refractivity contribution in [2.45, 2.75) is 87.6 Å². The minimum Gasteiger partial charge on any atom is -0.300 e. The molecular formula is C16H35N3O. The Bertz CT molecular complexity index is 296. The summed E-state index contributed by atoms with van der Waals surface area (Å²) >= 11 is 0. The predicted molar refractivity (Wildman–Crippen MR) is 88.0 cm³/mol. The summed E-state index contributed by atoms with van der Waals surface area (Å²) in [6.07, 6.45) is 5.50. The Morgan fingerprint density at radius 3 is 2.05 bits per heavy atom. The average molecular weight is 285 g/mol. The van der Waals surface area contributed by atoms with Crippen molar-refractivity contribution in [2.75, 3.05) is 0 Å². The van der Waals surface area contributed by atoms with E-state index in [1.807, 2.05) is 52.4 Å². The summed E-state index contributed by atoms with van der Waals surface area (Å²) in [7, 11) is 0. The number of ketones is 1. The number of carbonyl (C=O) groups is 1. The summed E-state index contributed by atoms with van der Waals surface area (Å²) in [5.74, 6) is 0.262. The molecular weight excluding hydrogens is 250 g/mol. The zero-order valence-electron chi connectivity index (χ0n) is 14.9. The normalized spacial score (nSPS) is 8.20. The van der Waals surface area contributed by atoms with Gasteiger partial charge in [-0.3, -0.25) is 4.68 Å². The van der Waals surface area contributed by atoms with Crippen LogP contribution in [0, 0.1) is 0 Å². The van der Waals surface area contributed by atoms with Crippen LogP contribution < -0.4 is 0 Å². The van der Waals surface area contributed by atoms with Crippen molar-refractivity contribution in [3.05, 3.63) is 11.9 Å². The smallest absolute Gasteiger partial charge is 0.129 e. The van der Waals surface area contributed by atoms with Gasteiger partial charge in [-0.15, -0.1) is 5.10 Å². The van der Waals surface area contributed by atoms with Gasteiger partial charge in [0.1, 0.15) is 5.78 Å². The van der Waals surface area contributed by atoms with Crippen molar-refractivity contribution < 1.29 is 4.79 Å². The summed E-state index contributed by atoms with van der Waals surface area (Å²) in [5, 5.41) is 7.98. The Morgan fingerprint density at radius 2 is 1.65 bits per heavy atom. The molecule has 4 nitrogen and oxygen atoms in total. The Balaban J connectivity index is -0.000000425. The molecule has 0 bridgehead atoms. The quantitative estimate of drug-likeness (QED) is 0.713. The molecule has 0 spiro atoms. The first kappa shape index (κ1) is 23.9. The highest BCUT2D eigenvalue weighted by molar-refractivity contribution is 5.75. The Morgan fingerprint density at radius 1 is 1.10 bits per heavy atom. The monoisotopic (exact) mass is 285 g/mol. The van der Waals surface area contributed by atoms with Gasteiger partial charge in [-0.05, 0) is 26.2 Å². The number of hydrogen-bond acceptors (Lipinski definition) is 3. The summed E-state index contributed by atoms with van der Waals surface area (Å²) in [6, 6.07) is 0. The van der Waals surface area contributed by atoms with Crippen LogP contribution in [0.25, 0.3) is 0 Å². The number of nitrogens with zero attached hydrogens (tertiary/aromatic N) is 3. The van der Waals surface area contributed by atoms with Gasteiger partial charge in [0.2, 0.25) is 0 Å². The van der Waals surface area contributed by atoms with E-state index in [0.717, 1.165) is 31.5 Å². The van der Waals surface area contributed by atoms with Gasteiger partial charge in [-0.25, -0.2) is 0 Å². The molecule has 0 atom stereocenters. The van der Waals surface area contributed by atoms with Gasteiger partial charge >= 0.3 is 0 Å². The zero-order chi connectivity index (χ0) is 16.4. The van der Waals surface area contributed by atoms with Crippen LogP contribution in [0.2, 0.25) is 0 Å². The second-order valence-corrected chi connectivity index (χ2v) is 3.49. The molecule has 0 aliphatic heterocycles. The maximum absolute atomic E-state index is 10.7. The van der Waals surface area contributed by atoms with Crippen LogP contribution in [-0.2, 0) is 17.8 Å². The van der Waals surface area contributed by atoms with Gasteiger partial charge in [0, 0.05) is 19.2 Å². The van der Waals surface area contributed by atoms with Crippen LogP contribution in [0.15, 0.2) is 6.20 Å². The van der Waals surface area contributed by atoms with Crippen LogP contribution in [-0.4, -0.2) is 20.8 Å². The van der Waals surface area contributed by atoms with Gasteiger partial charge in [-0.2, -0.15) is 0 Å². The molecule has 4 heteroatoms. The third-order valence-electron chi connectivity index (χ3n) is 2.11. The fraction of sp³-hybridized carbons (Fsp3) is 0.812. The van der Waals surface area contributed by atoms with E-state index in [1.165, 1.54) is 0 Å². The summed E-state index contributed by atoms with van der Waals surface area (Å²) in [4.78, 5) is 10.7. The van der Waals surface area contributed by atoms with Crippen molar-refractivity contribution in [3.8, 4) is 0 Å². The molecule has 0 aliphatic carbocycles. The van der Waals surface area contributed by atoms with Crippen molar-refractivity contribution >= 4 is 5.78 Å². The van der Waals surface area contributed by atoms with Crippen LogP contribution in [0.3, 0.4) is 0 Å². The lowest BCUT2D eigenvalue weighted by molar-refractivity contribution is -0.117. The Kier molecular flexibility index (Phi) is 24.0. The molecule has 1 aromatic rings. The Hall–Kier alpha value is -1.19. The van der Waals surface area contributed by atoms with Gasteiger partial charge in [0.15, 0.2) is 0 Å². The van der Waals surface area contributed by atoms with E-state index in [-0.39, 0.29) is 5.78 Å². The number of aromatic nitrogens is 3. The fourth-order valence-corrected chi connectivity index (χ4v) is 1.26. The van der Waals surface area contributed by atoms with Gasteiger partial charge < -0.3 is 4.79 Å². The van der Waals surface area contributed by atoms with E-state index in [9.17, 15) is 4.79 Å². The summed E-state index contributed by atoms with van der Waals surface area (Å²) < 4.78 is 1.85. The van der Waals surface area contributed by atoms with Crippen LogP contribution in [0.1, 0.15) is 80.3 Å². The largest absolute Gasteiger partial charge is 0.300 e. The third kappa shape index (κ3) is 14.9. The average Bonchev–Trinajstić information content (AvgIpc) is 2.98. The van der Waals surface area contributed by atoms with Gasteiger partial charge in [0.25, 0.3) is 0 Å². The highest BCUT2D eigenvalue weighted by Gasteiger charge is 1.98. The Labute approximate surface area is 126 Å². The molecule has 0 saturated heterocycles. The maximum Gasteiger partial charge on any atom is 0.129 e. The van der Waals surface area contributed by atoms with Crippen molar-refractivity contribution in [1.29, 1.82) is 0 Å². The highest BCUT2D eigenvalue weighted by Crippen LogP contribution is 2.00. The first-order valence-electron chi connectivity index (χ1n) is 8.11. The number of hydrogen-bond donors (Lipinski definition) is 0. The van der Waals surface area contributed by atoms with Crippen LogP contribution in [0.4, 0.5) is 0 Å². The van der Waals surface area contributed by atoms with Crippen molar-refractivity contribution in [1.82, 2.24) is 15.0 Å². The molecule has 0 unspecified atom stereocenters.